The Hall–Kier alpha value is -0.830. The van der Waals surface area contributed by atoms with Crippen molar-refractivity contribution < 1.29 is 4.79 Å². The highest BCUT2D eigenvalue weighted by Gasteiger charge is 2.06. The minimum atomic E-state index is 0.0791. The van der Waals surface area contributed by atoms with Crippen LogP contribution in [-0.2, 0) is 4.79 Å². The van der Waals surface area contributed by atoms with E-state index in [1.54, 1.807) is 0 Å². The molecule has 0 unspecified atom stereocenters. The minimum Gasteiger partial charge on any atom is -0.326 e. The third-order valence-corrected chi connectivity index (χ3v) is 2.55. The van der Waals surface area contributed by atoms with Crippen molar-refractivity contribution in [3.05, 3.63) is 28.2 Å². The molecule has 0 aliphatic carbocycles. The number of hydrogen-bond acceptors (Lipinski definition) is 1. The van der Waals surface area contributed by atoms with E-state index in [-0.39, 0.29) is 5.91 Å². The molecule has 0 bridgehead atoms. The summed E-state index contributed by atoms with van der Waals surface area (Å²) in [5.41, 5.74) is 1.96. The number of anilines is 1. The topological polar surface area (TPSA) is 29.1 Å². The van der Waals surface area contributed by atoms with Gasteiger partial charge in [0.25, 0.3) is 0 Å². The number of nitrogens with one attached hydrogen (secondary N) is 1. The fraction of sp³-hybridized carbons (Fsp3) is 0.417. The summed E-state index contributed by atoms with van der Waals surface area (Å²) in [6, 6.07) is 5.83. The number of benzene rings is 1. The summed E-state index contributed by atoms with van der Waals surface area (Å²) in [5.74, 6) is 0.469. The zero-order valence-corrected chi connectivity index (χ0v) is 10.9. The van der Waals surface area contributed by atoms with Gasteiger partial charge in [-0.1, -0.05) is 29.8 Å². The monoisotopic (exact) mass is 269 g/mol. The molecule has 0 atom stereocenters. The zero-order chi connectivity index (χ0) is 11.4. The van der Waals surface area contributed by atoms with Crippen molar-refractivity contribution in [1.82, 2.24) is 0 Å². The van der Waals surface area contributed by atoms with E-state index in [2.05, 4.69) is 21.2 Å². The van der Waals surface area contributed by atoms with Crippen LogP contribution in [0, 0.1) is 12.8 Å². The second-order valence-corrected chi connectivity index (χ2v) is 5.02. The molecule has 0 fully saturated rings. The maximum atomic E-state index is 11.5. The lowest BCUT2D eigenvalue weighted by atomic mass is 10.1. The molecule has 0 saturated carbocycles. The average Bonchev–Trinajstić information content (AvgIpc) is 2.08. The van der Waals surface area contributed by atoms with Gasteiger partial charge in [-0.05, 0) is 36.6 Å². The summed E-state index contributed by atoms with van der Waals surface area (Å²) in [5, 5.41) is 2.91. The summed E-state index contributed by atoms with van der Waals surface area (Å²) in [6.45, 7) is 6.05. The second kappa shape index (κ2) is 5.31. The van der Waals surface area contributed by atoms with E-state index in [9.17, 15) is 4.79 Å². The molecule has 0 aliphatic rings. The van der Waals surface area contributed by atoms with Gasteiger partial charge < -0.3 is 5.32 Å². The first-order valence-corrected chi connectivity index (χ1v) is 5.84. The smallest absolute Gasteiger partial charge is 0.224 e. The largest absolute Gasteiger partial charge is 0.326 e. The Bertz CT molecular complexity index is 361. The number of carbonyl (C=O) groups is 1. The summed E-state index contributed by atoms with van der Waals surface area (Å²) in [6.07, 6.45) is 0.565. The minimum absolute atomic E-state index is 0.0791. The number of amides is 1. The first kappa shape index (κ1) is 12.2. The predicted molar refractivity (Wildman–Crippen MR) is 67.0 cm³/mol. The van der Waals surface area contributed by atoms with Gasteiger partial charge in [-0.2, -0.15) is 0 Å². The van der Waals surface area contributed by atoms with E-state index in [1.807, 2.05) is 39.0 Å². The lowest BCUT2D eigenvalue weighted by molar-refractivity contribution is -0.116. The van der Waals surface area contributed by atoms with Crippen LogP contribution in [0.1, 0.15) is 25.8 Å². The van der Waals surface area contributed by atoms with Crippen LogP contribution >= 0.6 is 15.9 Å². The van der Waals surface area contributed by atoms with Crippen LogP contribution in [-0.4, -0.2) is 5.91 Å². The lowest BCUT2D eigenvalue weighted by Gasteiger charge is -2.09. The first-order valence-electron chi connectivity index (χ1n) is 5.05. The van der Waals surface area contributed by atoms with Gasteiger partial charge in [0.05, 0.1) is 0 Å². The summed E-state index contributed by atoms with van der Waals surface area (Å²) >= 11 is 3.39. The first-order chi connectivity index (χ1) is 6.99. The number of hydrogen-bond donors (Lipinski definition) is 1. The average molecular weight is 270 g/mol. The Labute approximate surface area is 99.2 Å². The van der Waals surface area contributed by atoms with Gasteiger partial charge in [0.1, 0.15) is 0 Å². The zero-order valence-electron chi connectivity index (χ0n) is 9.30. The maximum absolute atomic E-state index is 11.5. The molecule has 1 amide bonds. The molecule has 1 aromatic rings. The Morgan fingerprint density at radius 1 is 1.47 bits per heavy atom. The molecular formula is C12H16BrNO. The Morgan fingerprint density at radius 3 is 2.67 bits per heavy atom. The summed E-state index contributed by atoms with van der Waals surface area (Å²) in [4.78, 5) is 11.5. The fourth-order valence-corrected chi connectivity index (χ4v) is 1.81. The van der Waals surface area contributed by atoms with Crippen molar-refractivity contribution in [3.8, 4) is 0 Å². The molecule has 15 heavy (non-hydrogen) atoms. The third kappa shape index (κ3) is 4.04. The summed E-state index contributed by atoms with van der Waals surface area (Å²) < 4.78 is 1.03. The molecule has 82 valence electrons. The number of aryl methyl sites for hydroxylation is 1. The van der Waals surface area contributed by atoms with Crippen molar-refractivity contribution in [2.45, 2.75) is 27.2 Å². The Morgan fingerprint density at radius 2 is 2.13 bits per heavy atom. The Balaban J connectivity index is 2.68. The molecular weight excluding hydrogens is 254 g/mol. The molecule has 0 heterocycles. The maximum Gasteiger partial charge on any atom is 0.224 e. The van der Waals surface area contributed by atoms with Crippen LogP contribution in [0.15, 0.2) is 22.7 Å². The normalized spacial score (nSPS) is 10.5. The molecule has 0 radical (unpaired) electrons. The molecule has 2 nitrogen and oxygen atoms in total. The van der Waals surface area contributed by atoms with Crippen LogP contribution in [0.4, 0.5) is 5.69 Å². The summed E-state index contributed by atoms with van der Waals surface area (Å²) in [7, 11) is 0. The van der Waals surface area contributed by atoms with Gasteiger partial charge in [0.2, 0.25) is 5.91 Å². The molecule has 1 aromatic carbocycles. The lowest BCUT2D eigenvalue weighted by Crippen LogP contribution is -2.14. The van der Waals surface area contributed by atoms with E-state index in [0.29, 0.717) is 12.3 Å². The van der Waals surface area contributed by atoms with Crippen molar-refractivity contribution in [2.75, 3.05) is 5.32 Å². The SMILES string of the molecule is Cc1cc(Br)ccc1NC(=O)CC(C)C. The highest BCUT2D eigenvalue weighted by Crippen LogP contribution is 2.20. The van der Waals surface area contributed by atoms with Crippen molar-refractivity contribution >= 4 is 27.5 Å². The van der Waals surface area contributed by atoms with E-state index >= 15 is 0 Å². The third-order valence-electron chi connectivity index (χ3n) is 2.06. The van der Waals surface area contributed by atoms with E-state index < -0.39 is 0 Å². The van der Waals surface area contributed by atoms with Gasteiger partial charge in [-0.15, -0.1) is 0 Å². The fourth-order valence-electron chi connectivity index (χ4n) is 1.34. The number of rotatable bonds is 3. The van der Waals surface area contributed by atoms with Crippen molar-refractivity contribution in [3.63, 3.8) is 0 Å². The van der Waals surface area contributed by atoms with Gasteiger partial charge in [-0.3, -0.25) is 4.79 Å². The van der Waals surface area contributed by atoms with Crippen molar-refractivity contribution in [1.29, 1.82) is 0 Å². The van der Waals surface area contributed by atoms with Crippen LogP contribution in [0.5, 0.6) is 0 Å². The quantitative estimate of drug-likeness (QED) is 0.890. The molecule has 0 aromatic heterocycles. The van der Waals surface area contributed by atoms with Gasteiger partial charge >= 0.3 is 0 Å². The van der Waals surface area contributed by atoms with Gasteiger partial charge in [-0.25, -0.2) is 0 Å². The van der Waals surface area contributed by atoms with Crippen LogP contribution in [0.25, 0.3) is 0 Å². The second-order valence-electron chi connectivity index (χ2n) is 4.11. The number of halogens is 1. The van der Waals surface area contributed by atoms with E-state index in [4.69, 9.17) is 0 Å². The molecule has 1 N–H and O–H groups in total. The molecule has 1 rings (SSSR count). The molecule has 0 saturated heterocycles. The van der Waals surface area contributed by atoms with E-state index in [1.165, 1.54) is 0 Å². The van der Waals surface area contributed by atoms with Crippen molar-refractivity contribution in [2.24, 2.45) is 5.92 Å². The number of carbonyl (C=O) groups excluding carboxylic acids is 1. The highest BCUT2D eigenvalue weighted by molar-refractivity contribution is 9.10. The van der Waals surface area contributed by atoms with Crippen LogP contribution in [0.2, 0.25) is 0 Å². The van der Waals surface area contributed by atoms with Gasteiger partial charge in [0, 0.05) is 16.6 Å². The van der Waals surface area contributed by atoms with E-state index in [0.717, 1.165) is 15.7 Å². The highest BCUT2D eigenvalue weighted by atomic mass is 79.9. The molecule has 0 spiro atoms. The van der Waals surface area contributed by atoms with Gasteiger partial charge in [0.15, 0.2) is 0 Å². The standard InChI is InChI=1S/C12H16BrNO/c1-8(2)6-12(15)14-11-5-4-10(13)7-9(11)3/h4-5,7-8H,6H2,1-3H3,(H,14,15). The van der Waals surface area contributed by atoms with Crippen LogP contribution in [0.3, 0.4) is 0 Å². The molecule has 0 aliphatic heterocycles. The predicted octanol–water partition coefficient (Wildman–Crippen LogP) is 3.74. The molecule has 3 heteroatoms. The Kier molecular flexibility index (Phi) is 4.33. The van der Waals surface area contributed by atoms with Crippen LogP contribution < -0.4 is 5.32 Å².